The Balaban J connectivity index is 1.14. The second kappa shape index (κ2) is 10.9. The van der Waals surface area contributed by atoms with Crippen LogP contribution < -0.4 is 31.9 Å². The number of carbonyl (C=O) groups excluding carboxylic acids is 1. The second-order valence-electron chi connectivity index (χ2n) is 11.5. The van der Waals surface area contributed by atoms with Crippen molar-refractivity contribution < 1.29 is 4.79 Å². The fourth-order valence-corrected chi connectivity index (χ4v) is 7.15. The maximum atomic E-state index is 13.3. The van der Waals surface area contributed by atoms with Crippen LogP contribution in [-0.2, 0) is 4.79 Å². The first-order valence-electron chi connectivity index (χ1n) is 13.9. The summed E-state index contributed by atoms with van der Waals surface area (Å²) in [5.41, 5.74) is 0. The van der Waals surface area contributed by atoms with Crippen LogP contribution in [0, 0.1) is 11.8 Å². The third kappa shape index (κ3) is 5.57. The lowest BCUT2D eigenvalue weighted by Crippen LogP contribution is -2.66. The highest BCUT2D eigenvalue weighted by Crippen LogP contribution is 2.28. The third-order valence-corrected chi connectivity index (χ3v) is 9.11. The lowest BCUT2D eigenvalue weighted by Gasteiger charge is -2.43. The number of hydrogen-bond acceptors (Lipinski definition) is 7. The fourth-order valence-electron chi connectivity index (χ4n) is 7.15. The molecule has 5 aliphatic rings. The van der Waals surface area contributed by atoms with Gasteiger partial charge >= 0.3 is 0 Å². The maximum Gasteiger partial charge on any atom is 0.239 e. The molecule has 5 rings (SSSR count). The van der Waals surface area contributed by atoms with Crippen molar-refractivity contribution in [2.45, 2.75) is 114 Å². The summed E-state index contributed by atoms with van der Waals surface area (Å²) in [6.45, 7) is 8.96. The van der Waals surface area contributed by atoms with E-state index in [1.807, 2.05) is 0 Å². The van der Waals surface area contributed by atoms with E-state index in [1.54, 1.807) is 0 Å². The largest absolute Gasteiger partial charge is 0.352 e. The van der Waals surface area contributed by atoms with Gasteiger partial charge in [-0.1, -0.05) is 6.92 Å². The van der Waals surface area contributed by atoms with Gasteiger partial charge in [0, 0.05) is 30.7 Å². The molecule has 4 heterocycles. The smallest absolute Gasteiger partial charge is 0.239 e. The molecule has 33 heavy (non-hydrogen) atoms. The number of fused-ring (bicyclic) bond motifs is 1. The van der Waals surface area contributed by atoms with Gasteiger partial charge in [0.25, 0.3) is 0 Å². The summed E-state index contributed by atoms with van der Waals surface area (Å²) in [5.74, 6) is 1.59. The average Bonchev–Trinajstić information content (AvgIpc) is 3.18. The number of amides is 1. The molecule has 1 saturated carbocycles. The average molecular weight is 462 g/mol. The van der Waals surface area contributed by atoms with Crippen molar-refractivity contribution in [3.8, 4) is 0 Å². The van der Waals surface area contributed by atoms with Crippen LogP contribution in [0.3, 0.4) is 0 Å². The first kappa shape index (κ1) is 23.9. The fraction of sp³-hybridized carbons (Fsp3) is 0.960. The van der Waals surface area contributed by atoms with Crippen molar-refractivity contribution in [1.29, 1.82) is 0 Å². The molecule has 0 spiro atoms. The molecule has 188 valence electrons. The summed E-state index contributed by atoms with van der Waals surface area (Å²) in [7, 11) is 0. The van der Waals surface area contributed by atoms with Crippen molar-refractivity contribution in [3.05, 3.63) is 0 Å². The Morgan fingerprint density at radius 2 is 1.88 bits per heavy atom. The van der Waals surface area contributed by atoms with Gasteiger partial charge in [0.15, 0.2) is 0 Å². The molecule has 9 unspecified atom stereocenters. The number of carbonyl (C=O) groups is 1. The highest BCUT2D eigenvalue weighted by atomic mass is 16.2. The Morgan fingerprint density at radius 3 is 2.73 bits per heavy atom. The molecule has 0 aromatic heterocycles. The van der Waals surface area contributed by atoms with Crippen LogP contribution in [0.25, 0.3) is 0 Å². The Hall–Kier alpha value is -0.770. The second-order valence-corrected chi connectivity index (χ2v) is 11.5. The molecule has 1 amide bonds. The zero-order valence-corrected chi connectivity index (χ0v) is 20.7. The highest BCUT2D eigenvalue weighted by molar-refractivity contribution is 5.83. The Bertz CT molecular complexity index is 657. The zero-order chi connectivity index (χ0) is 22.8. The van der Waals surface area contributed by atoms with E-state index in [4.69, 9.17) is 0 Å². The number of hydrogen-bond donors (Lipinski definition) is 6. The highest BCUT2D eigenvalue weighted by Gasteiger charge is 2.44. The molecule has 1 aliphatic carbocycles. The van der Waals surface area contributed by atoms with E-state index < -0.39 is 0 Å². The van der Waals surface area contributed by atoms with Gasteiger partial charge in [-0.3, -0.25) is 31.0 Å². The molecule has 0 aromatic rings. The molecule has 0 bridgehead atoms. The lowest BCUT2D eigenvalue weighted by atomic mass is 9.82. The molecule has 8 heteroatoms. The first-order chi connectivity index (χ1) is 16.1. The number of nitrogens with zero attached hydrogens (tertiary/aromatic N) is 1. The molecule has 0 aromatic carbocycles. The number of rotatable bonds is 5. The molecule has 5 fully saturated rings. The van der Waals surface area contributed by atoms with Crippen LogP contribution in [0.5, 0.6) is 0 Å². The van der Waals surface area contributed by atoms with Crippen LogP contribution in [0.2, 0.25) is 0 Å². The molecule has 6 N–H and O–H groups in total. The van der Waals surface area contributed by atoms with E-state index in [9.17, 15) is 4.79 Å². The van der Waals surface area contributed by atoms with Gasteiger partial charge in [-0.15, -0.1) is 0 Å². The quantitative estimate of drug-likeness (QED) is 0.358. The van der Waals surface area contributed by atoms with E-state index in [0.717, 1.165) is 44.8 Å². The summed E-state index contributed by atoms with van der Waals surface area (Å²) in [6, 6.07) is 1.47. The van der Waals surface area contributed by atoms with Gasteiger partial charge in [-0.2, -0.15) is 0 Å². The van der Waals surface area contributed by atoms with Crippen molar-refractivity contribution in [3.63, 3.8) is 0 Å². The van der Waals surface area contributed by atoms with Crippen molar-refractivity contribution >= 4 is 5.91 Å². The summed E-state index contributed by atoms with van der Waals surface area (Å²) in [4.78, 5) is 15.7. The Kier molecular flexibility index (Phi) is 7.89. The minimum Gasteiger partial charge on any atom is -0.352 e. The summed E-state index contributed by atoms with van der Waals surface area (Å²) in [5, 5.41) is 22.1. The van der Waals surface area contributed by atoms with Crippen LogP contribution in [0.15, 0.2) is 0 Å². The van der Waals surface area contributed by atoms with E-state index in [1.165, 1.54) is 45.1 Å². The van der Waals surface area contributed by atoms with E-state index in [0.29, 0.717) is 24.2 Å². The van der Waals surface area contributed by atoms with E-state index in [2.05, 4.69) is 50.6 Å². The van der Waals surface area contributed by atoms with Gasteiger partial charge < -0.3 is 10.6 Å². The van der Waals surface area contributed by atoms with Gasteiger partial charge in [-0.25, -0.2) is 0 Å². The molecular formula is C25H47N7O. The van der Waals surface area contributed by atoms with Crippen LogP contribution in [0.1, 0.15) is 71.6 Å². The normalized spacial score (nSPS) is 44.8. The van der Waals surface area contributed by atoms with Crippen molar-refractivity contribution in [2.24, 2.45) is 11.8 Å². The van der Waals surface area contributed by atoms with E-state index in [-0.39, 0.29) is 30.3 Å². The maximum absolute atomic E-state index is 13.3. The molecule has 8 nitrogen and oxygen atoms in total. The standard InChI is InChI=1S/C25H47N7O/c1-16-8-9-19(29-24(33)23-17(2)28-22-7-3-4-13-32(22)23)14-21(16)31-25-27-12-10-20(30-25)18-6-5-11-26-15-18/h16-23,25-28,30-31H,3-15H2,1-2H3,(H,29,33). The Morgan fingerprint density at radius 1 is 0.970 bits per heavy atom. The molecular weight excluding hydrogens is 414 g/mol. The Labute approximate surface area is 200 Å². The van der Waals surface area contributed by atoms with Crippen molar-refractivity contribution in [2.75, 3.05) is 26.2 Å². The first-order valence-corrected chi connectivity index (χ1v) is 13.9. The molecule has 0 radical (unpaired) electrons. The summed E-state index contributed by atoms with van der Waals surface area (Å²) >= 11 is 0. The topological polar surface area (TPSA) is 92.5 Å². The van der Waals surface area contributed by atoms with Crippen molar-refractivity contribution in [1.82, 2.24) is 36.8 Å². The van der Waals surface area contributed by atoms with Crippen LogP contribution in [0.4, 0.5) is 0 Å². The predicted molar refractivity (Wildman–Crippen MR) is 132 cm³/mol. The predicted octanol–water partition coefficient (Wildman–Crippen LogP) is 0.656. The van der Waals surface area contributed by atoms with Gasteiger partial charge in [0.1, 0.15) is 12.3 Å². The molecule has 4 saturated heterocycles. The summed E-state index contributed by atoms with van der Waals surface area (Å²) in [6.07, 6.45) is 11.3. The minimum atomic E-state index is -0.0207. The SMILES string of the molecule is CC1CCC(NC(=O)C2C(C)NC3CCCCN32)CC1NC1NCCC(C2CCCNC2)N1. The summed E-state index contributed by atoms with van der Waals surface area (Å²) < 4.78 is 0. The van der Waals surface area contributed by atoms with Crippen LogP contribution in [-0.4, -0.2) is 79.7 Å². The lowest BCUT2D eigenvalue weighted by molar-refractivity contribution is -0.127. The molecule has 9 atom stereocenters. The van der Waals surface area contributed by atoms with E-state index >= 15 is 0 Å². The minimum absolute atomic E-state index is 0.0207. The van der Waals surface area contributed by atoms with Crippen LogP contribution >= 0.6 is 0 Å². The number of nitrogens with one attached hydrogen (secondary N) is 6. The third-order valence-electron chi connectivity index (χ3n) is 9.11. The molecule has 4 aliphatic heterocycles. The monoisotopic (exact) mass is 461 g/mol. The van der Waals surface area contributed by atoms with Gasteiger partial charge in [0.05, 0.1) is 6.17 Å². The zero-order valence-electron chi connectivity index (χ0n) is 20.7. The van der Waals surface area contributed by atoms with Gasteiger partial charge in [-0.05, 0) is 96.2 Å². The number of piperidine rings is 2. The van der Waals surface area contributed by atoms with Gasteiger partial charge in [0.2, 0.25) is 5.91 Å².